The van der Waals surface area contributed by atoms with Crippen LogP contribution in [-0.2, 0) is 24.4 Å². The minimum atomic E-state index is -0.173. The lowest BCUT2D eigenvalue weighted by atomic mass is 10.1. The number of hydrogen-bond acceptors (Lipinski definition) is 5. The van der Waals surface area contributed by atoms with Gasteiger partial charge in [-0.25, -0.2) is 0 Å². The van der Waals surface area contributed by atoms with Crippen molar-refractivity contribution in [3.8, 4) is 23.0 Å². The lowest BCUT2D eigenvalue weighted by Gasteiger charge is -2.12. The van der Waals surface area contributed by atoms with Gasteiger partial charge in [0.05, 0.1) is 14.2 Å². The first kappa shape index (κ1) is 27.3. The maximum absolute atomic E-state index is 12.4. The summed E-state index contributed by atoms with van der Waals surface area (Å²) in [5, 5.41) is 2.92. The van der Waals surface area contributed by atoms with Gasteiger partial charge in [-0.3, -0.25) is 4.79 Å². The molecule has 0 unspecified atom stereocenters. The maximum atomic E-state index is 12.4. The quantitative estimate of drug-likeness (QED) is 0.210. The summed E-state index contributed by atoms with van der Waals surface area (Å²) >= 11 is 0. The van der Waals surface area contributed by atoms with Crippen molar-refractivity contribution in [2.75, 3.05) is 20.8 Å². The first-order valence-electron chi connectivity index (χ1n) is 12.8. The molecule has 0 saturated heterocycles. The number of carbonyl (C=O) groups is 1. The van der Waals surface area contributed by atoms with Gasteiger partial charge < -0.3 is 24.3 Å². The van der Waals surface area contributed by atoms with Crippen molar-refractivity contribution in [3.63, 3.8) is 0 Å². The van der Waals surface area contributed by atoms with E-state index in [-0.39, 0.29) is 5.91 Å². The number of ether oxygens (including phenoxy) is 4. The monoisotopic (exact) mass is 523 g/mol. The van der Waals surface area contributed by atoms with E-state index in [1.54, 1.807) is 20.3 Å². The van der Waals surface area contributed by atoms with E-state index in [0.717, 1.165) is 22.3 Å². The van der Waals surface area contributed by atoms with Crippen molar-refractivity contribution in [1.29, 1.82) is 0 Å². The van der Waals surface area contributed by atoms with E-state index in [0.29, 0.717) is 49.2 Å². The van der Waals surface area contributed by atoms with Gasteiger partial charge in [0, 0.05) is 12.6 Å². The van der Waals surface area contributed by atoms with Gasteiger partial charge in [0.2, 0.25) is 5.91 Å². The second kappa shape index (κ2) is 14.3. The molecule has 6 heteroatoms. The number of methoxy groups -OCH3 is 2. The smallest absolute Gasteiger partial charge is 0.244 e. The molecule has 0 aromatic heterocycles. The van der Waals surface area contributed by atoms with Gasteiger partial charge in [-0.1, -0.05) is 72.8 Å². The molecule has 0 bridgehead atoms. The van der Waals surface area contributed by atoms with Crippen LogP contribution in [0.4, 0.5) is 0 Å². The predicted octanol–water partition coefficient (Wildman–Crippen LogP) is 6.23. The van der Waals surface area contributed by atoms with E-state index in [1.807, 2.05) is 97.1 Å². The molecule has 6 nitrogen and oxygen atoms in total. The largest absolute Gasteiger partial charge is 0.493 e. The highest BCUT2D eigenvalue weighted by Gasteiger charge is 2.08. The highest BCUT2D eigenvalue weighted by atomic mass is 16.5. The van der Waals surface area contributed by atoms with Crippen molar-refractivity contribution in [3.05, 3.63) is 125 Å². The maximum Gasteiger partial charge on any atom is 0.244 e. The fourth-order valence-corrected chi connectivity index (χ4v) is 3.93. The van der Waals surface area contributed by atoms with Crippen LogP contribution in [-0.4, -0.2) is 26.7 Å². The third kappa shape index (κ3) is 8.40. The lowest BCUT2D eigenvalue weighted by molar-refractivity contribution is -0.116. The van der Waals surface area contributed by atoms with E-state index < -0.39 is 0 Å². The van der Waals surface area contributed by atoms with Crippen LogP contribution >= 0.6 is 0 Å². The number of hydrogen-bond donors (Lipinski definition) is 1. The normalized spacial score (nSPS) is 10.7. The minimum Gasteiger partial charge on any atom is -0.493 e. The van der Waals surface area contributed by atoms with Gasteiger partial charge in [-0.05, 0) is 59.0 Å². The first-order valence-corrected chi connectivity index (χ1v) is 12.8. The SMILES string of the molecule is COc1cc(C=CC(=O)NCCc2ccc(OCc3ccccc3)c(OC)c2)ccc1OCc1ccccc1. The molecule has 0 aliphatic carbocycles. The van der Waals surface area contributed by atoms with Crippen LogP contribution in [0, 0.1) is 0 Å². The van der Waals surface area contributed by atoms with Crippen molar-refractivity contribution in [2.24, 2.45) is 0 Å². The number of nitrogens with one attached hydrogen (secondary N) is 1. The molecule has 0 heterocycles. The molecule has 200 valence electrons. The van der Waals surface area contributed by atoms with Crippen LogP contribution in [0.3, 0.4) is 0 Å². The standard InChI is InChI=1S/C33H33NO5/c1-36-31-21-25(13-16-29(31)38-23-27-9-5-3-6-10-27)15-18-33(35)34-20-19-26-14-17-30(32(22-26)37-2)39-24-28-11-7-4-8-12-28/h3-18,21-22H,19-20,23-24H2,1-2H3,(H,34,35). The molecule has 0 radical (unpaired) electrons. The van der Waals surface area contributed by atoms with Crippen molar-refractivity contribution in [1.82, 2.24) is 5.32 Å². The summed E-state index contributed by atoms with van der Waals surface area (Å²) < 4.78 is 22.8. The zero-order valence-corrected chi connectivity index (χ0v) is 22.3. The second-order valence-corrected chi connectivity index (χ2v) is 8.82. The van der Waals surface area contributed by atoms with Gasteiger partial charge in [-0.15, -0.1) is 0 Å². The summed E-state index contributed by atoms with van der Waals surface area (Å²) in [5.74, 6) is 2.44. The molecule has 0 spiro atoms. The second-order valence-electron chi connectivity index (χ2n) is 8.82. The number of benzene rings is 4. The van der Waals surface area contributed by atoms with Crippen LogP contribution < -0.4 is 24.3 Å². The molecule has 0 aliphatic heterocycles. The number of rotatable bonds is 13. The van der Waals surface area contributed by atoms with E-state index in [2.05, 4.69) is 5.32 Å². The Morgan fingerprint density at radius 2 is 1.23 bits per heavy atom. The Labute approximate surface area is 229 Å². The zero-order chi connectivity index (χ0) is 27.3. The fraction of sp³-hybridized carbons (Fsp3) is 0.182. The lowest BCUT2D eigenvalue weighted by Crippen LogP contribution is -2.23. The molecule has 39 heavy (non-hydrogen) atoms. The van der Waals surface area contributed by atoms with Crippen LogP contribution in [0.1, 0.15) is 22.3 Å². The Balaban J connectivity index is 1.25. The van der Waals surface area contributed by atoms with Crippen molar-refractivity contribution >= 4 is 12.0 Å². The Hall–Kier alpha value is -4.71. The Bertz CT molecular complexity index is 1370. The molecule has 1 N–H and O–H groups in total. The Kier molecular flexibility index (Phi) is 10.0. The van der Waals surface area contributed by atoms with Gasteiger partial charge in [0.25, 0.3) is 0 Å². The Morgan fingerprint density at radius 3 is 1.82 bits per heavy atom. The third-order valence-corrected chi connectivity index (χ3v) is 6.03. The van der Waals surface area contributed by atoms with E-state index in [1.165, 1.54) is 6.08 Å². The van der Waals surface area contributed by atoms with Crippen LogP contribution in [0.25, 0.3) is 6.08 Å². The minimum absolute atomic E-state index is 0.173. The highest BCUT2D eigenvalue weighted by molar-refractivity contribution is 5.91. The summed E-state index contributed by atoms with van der Waals surface area (Å²) in [6.45, 7) is 1.41. The fourth-order valence-electron chi connectivity index (χ4n) is 3.93. The van der Waals surface area contributed by atoms with Gasteiger partial charge in [0.15, 0.2) is 23.0 Å². The summed E-state index contributed by atoms with van der Waals surface area (Å²) in [6.07, 6.45) is 3.93. The average Bonchev–Trinajstić information content (AvgIpc) is 2.99. The van der Waals surface area contributed by atoms with E-state index >= 15 is 0 Å². The molecule has 4 aromatic carbocycles. The first-order chi connectivity index (χ1) is 19.1. The van der Waals surface area contributed by atoms with E-state index in [9.17, 15) is 4.79 Å². The molecule has 4 rings (SSSR count). The van der Waals surface area contributed by atoms with Crippen molar-refractivity contribution in [2.45, 2.75) is 19.6 Å². The summed E-state index contributed by atoms with van der Waals surface area (Å²) in [4.78, 5) is 12.4. The van der Waals surface area contributed by atoms with E-state index in [4.69, 9.17) is 18.9 Å². The van der Waals surface area contributed by atoms with Crippen LogP contribution in [0.5, 0.6) is 23.0 Å². The van der Waals surface area contributed by atoms with Crippen molar-refractivity contribution < 1.29 is 23.7 Å². The zero-order valence-electron chi connectivity index (χ0n) is 22.3. The molecule has 1 amide bonds. The summed E-state index contributed by atoms with van der Waals surface area (Å²) in [7, 11) is 3.22. The molecular formula is C33H33NO5. The molecule has 0 aliphatic rings. The van der Waals surface area contributed by atoms with Gasteiger partial charge in [-0.2, -0.15) is 0 Å². The van der Waals surface area contributed by atoms with Crippen LogP contribution in [0.15, 0.2) is 103 Å². The third-order valence-electron chi connectivity index (χ3n) is 6.03. The number of amides is 1. The molecule has 0 saturated carbocycles. The Morgan fingerprint density at radius 1 is 0.667 bits per heavy atom. The van der Waals surface area contributed by atoms with Crippen LogP contribution in [0.2, 0.25) is 0 Å². The summed E-state index contributed by atoms with van der Waals surface area (Å²) in [5.41, 5.74) is 4.04. The topological polar surface area (TPSA) is 66.0 Å². The molecule has 4 aromatic rings. The average molecular weight is 524 g/mol. The van der Waals surface area contributed by atoms with Gasteiger partial charge >= 0.3 is 0 Å². The molecule has 0 atom stereocenters. The molecule has 0 fully saturated rings. The summed E-state index contributed by atoms with van der Waals surface area (Å²) in [6, 6.07) is 31.3. The highest BCUT2D eigenvalue weighted by Crippen LogP contribution is 2.30. The number of carbonyl (C=O) groups excluding carboxylic acids is 1. The molecular weight excluding hydrogens is 490 g/mol. The van der Waals surface area contributed by atoms with Gasteiger partial charge in [0.1, 0.15) is 13.2 Å². The predicted molar refractivity (Wildman–Crippen MR) is 153 cm³/mol.